The van der Waals surface area contributed by atoms with Crippen LogP contribution in [-0.2, 0) is 0 Å². The molecule has 1 heterocycles. The summed E-state index contributed by atoms with van der Waals surface area (Å²) in [6.07, 6.45) is 0. The molecule has 0 bridgehead atoms. The Labute approximate surface area is 125 Å². The van der Waals surface area contributed by atoms with E-state index in [1.807, 2.05) is 30.3 Å². The molecule has 20 heavy (non-hydrogen) atoms. The van der Waals surface area contributed by atoms with Crippen LogP contribution in [0.3, 0.4) is 0 Å². The number of anilines is 1. The van der Waals surface area contributed by atoms with Crippen LogP contribution in [0.2, 0.25) is 10.0 Å². The zero-order chi connectivity index (χ0) is 14.1. The Morgan fingerprint density at radius 3 is 2.15 bits per heavy atom. The van der Waals surface area contributed by atoms with Crippen molar-refractivity contribution in [1.82, 2.24) is 5.16 Å². The van der Waals surface area contributed by atoms with Crippen LogP contribution in [0.4, 0.5) is 5.82 Å². The van der Waals surface area contributed by atoms with Crippen molar-refractivity contribution in [2.45, 2.75) is 0 Å². The first-order valence-electron chi connectivity index (χ1n) is 5.93. The Hall–Kier alpha value is -1.97. The van der Waals surface area contributed by atoms with E-state index in [1.54, 1.807) is 18.2 Å². The fourth-order valence-electron chi connectivity index (χ4n) is 2.07. The maximum absolute atomic E-state index is 6.24. The van der Waals surface area contributed by atoms with Crippen molar-refractivity contribution in [3.05, 3.63) is 58.6 Å². The SMILES string of the molecule is Nc1noc(-c2ccccc2)c1-c1c(Cl)cccc1Cl. The van der Waals surface area contributed by atoms with Gasteiger partial charge >= 0.3 is 0 Å². The van der Waals surface area contributed by atoms with Gasteiger partial charge in [-0.15, -0.1) is 0 Å². The molecule has 0 fully saturated rings. The average Bonchev–Trinajstić information content (AvgIpc) is 2.82. The quantitative estimate of drug-likeness (QED) is 0.732. The van der Waals surface area contributed by atoms with Crippen molar-refractivity contribution < 1.29 is 4.52 Å². The summed E-state index contributed by atoms with van der Waals surface area (Å²) in [6, 6.07) is 14.8. The first kappa shape index (κ1) is 13.0. The molecule has 2 N–H and O–H groups in total. The molecule has 5 heteroatoms. The molecule has 2 aromatic carbocycles. The number of nitrogen functional groups attached to an aromatic ring is 1. The number of aromatic nitrogens is 1. The summed E-state index contributed by atoms with van der Waals surface area (Å²) in [5.41, 5.74) is 8.04. The lowest BCUT2D eigenvalue weighted by atomic mass is 10.0. The Kier molecular flexibility index (Phi) is 3.38. The molecule has 0 unspecified atom stereocenters. The third kappa shape index (κ3) is 2.15. The van der Waals surface area contributed by atoms with E-state index in [2.05, 4.69) is 5.16 Å². The van der Waals surface area contributed by atoms with Crippen molar-refractivity contribution in [1.29, 1.82) is 0 Å². The number of benzene rings is 2. The number of rotatable bonds is 2. The first-order valence-corrected chi connectivity index (χ1v) is 6.69. The topological polar surface area (TPSA) is 52.0 Å². The smallest absolute Gasteiger partial charge is 0.177 e. The molecule has 3 nitrogen and oxygen atoms in total. The second-order valence-corrected chi connectivity index (χ2v) is 5.05. The van der Waals surface area contributed by atoms with Crippen molar-refractivity contribution >= 4 is 29.0 Å². The molecule has 3 aromatic rings. The second-order valence-electron chi connectivity index (χ2n) is 4.23. The second kappa shape index (κ2) is 5.19. The van der Waals surface area contributed by atoms with Crippen LogP contribution in [0.1, 0.15) is 0 Å². The zero-order valence-electron chi connectivity index (χ0n) is 10.3. The molecule has 0 aliphatic rings. The number of hydrogen-bond acceptors (Lipinski definition) is 3. The van der Waals surface area contributed by atoms with E-state index < -0.39 is 0 Å². The van der Waals surface area contributed by atoms with Crippen LogP contribution < -0.4 is 5.73 Å². The summed E-state index contributed by atoms with van der Waals surface area (Å²) in [5, 5.41) is 4.85. The molecule has 0 aliphatic carbocycles. The number of nitrogens with zero attached hydrogens (tertiary/aromatic N) is 1. The molecule has 0 atom stereocenters. The minimum atomic E-state index is 0.263. The molecule has 0 saturated heterocycles. The van der Waals surface area contributed by atoms with Crippen LogP contribution >= 0.6 is 23.2 Å². The molecule has 0 aliphatic heterocycles. The average molecular weight is 305 g/mol. The molecular weight excluding hydrogens is 295 g/mol. The minimum Gasteiger partial charge on any atom is -0.380 e. The number of hydrogen-bond donors (Lipinski definition) is 1. The Morgan fingerprint density at radius 2 is 1.50 bits per heavy atom. The predicted octanol–water partition coefficient (Wildman–Crippen LogP) is 4.90. The van der Waals surface area contributed by atoms with Crippen molar-refractivity contribution in [2.75, 3.05) is 5.73 Å². The fourth-order valence-corrected chi connectivity index (χ4v) is 2.65. The van der Waals surface area contributed by atoms with Gasteiger partial charge in [0, 0.05) is 11.1 Å². The van der Waals surface area contributed by atoms with E-state index in [1.165, 1.54) is 0 Å². The summed E-state index contributed by atoms with van der Waals surface area (Å²) in [7, 11) is 0. The van der Waals surface area contributed by atoms with Gasteiger partial charge in [-0.05, 0) is 12.1 Å². The molecular formula is C15H10Cl2N2O. The van der Waals surface area contributed by atoms with E-state index >= 15 is 0 Å². The first-order chi connectivity index (χ1) is 9.68. The number of nitrogens with two attached hydrogens (primary N) is 1. The van der Waals surface area contributed by atoms with Gasteiger partial charge in [0.1, 0.15) is 0 Å². The summed E-state index contributed by atoms with van der Waals surface area (Å²) in [6.45, 7) is 0. The van der Waals surface area contributed by atoms with Gasteiger partial charge in [-0.25, -0.2) is 0 Å². The van der Waals surface area contributed by atoms with Gasteiger partial charge in [0.2, 0.25) is 0 Å². The summed E-state index contributed by atoms with van der Waals surface area (Å²) >= 11 is 12.5. The van der Waals surface area contributed by atoms with Crippen LogP contribution in [-0.4, -0.2) is 5.16 Å². The zero-order valence-corrected chi connectivity index (χ0v) is 11.8. The van der Waals surface area contributed by atoms with Crippen molar-refractivity contribution in [3.8, 4) is 22.5 Å². The Morgan fingerprint density at radius 1 is 0.850 bits per heavy atom. The highest BCUT2D eigenvalue weighted by molar-refractivity contribution is 6.39. The van der Waals surface area contributed by atoms with Gasteiger partial charge in [0.15, 0.2) is 11.6 Å². The highest BCUT2D eigenvalue weighted by Gasteiger charge is 2.21. The van der Waals surface area contributed by atoms with E-state index in [9.17, 15) is 0 Å². The fraction of sp³-hybridized carbons (Fsp3) is 0. The predicted molar refractivity (Wildman–Crippen MR) is 81.8 cm³/mol. The lowest BCUT2D eigenvalue weighted by Crippen LogP contribution is -1.90. The largest absolute Gasteiger partial charge is 0.380 e. The monoisotopic (exact) mass is 304 g/mol. The third-order valence-electron chi connectivity index (χ3n) is 2.97. The van der Waals surface area contributed by atoms with Gasteiger partial charge in [-0.3, -0.25) is 0 Å². The number of halogens is 2. The maximum atomic E-state index is 6.24. The van der Waals surface area contributed by atoms with Gasteiger partial charge in [0.25, 0.3) is 0 Å². The normalized spacial score (nSPS) is 10.7. The van der Waals surface area contributed by atoms with Crippen molar-refractivity contribution in [3.63, 3.8) is 0 Å². The Balaban J connectivity index is 2.28. The molecule has 0 spiro atoms. The van der Waals surface area contributed by atoms with Crippen LogP contribution in [0, 0.1) is 0 Å². The molecule has 0 saturated carbocycles. The molecule has 1 aromatic heterocycles. The lowest BCUT2D eigenvalue weighted by molar-refractivity contribution is 0.436. The van der Waals surface area contributed by atoms with Gasteiger partial charge in [0.05, 0.1) is 15.6 Å². The van der Waals surface area contributed by atoms with Gasteiger partial charge in [-0.2, -0.15) is 0 Å². The van der Waals surface area contributed by atoms with E-state index in [0.29, 0.717) is 26.9 Å². The molecule has 100 valence electrons. The summed E-state index contributed by atoms with van der Waals surface area (Å²) in [5.74, 6) is 0.817. The summed E-state index contributed by atoms with van der Waals surface area (Å²) < 4.78 is 5.35. The Bertz CT molecular complexity index is 734. The highest BCUT2D eigenvalue weighted by atomic mass is 35.5. The molecule has 0 amide bonds. The third-order valence-corrected chi connectivity index (χ3v) is 3.60. The highest BCUT2D eigenvalue weighted by Crippen LogP contribution is 2.43. The van der Waals surface area contributed by atoms with Crippen LogP contribution in [0.5, 0.6) is 0 Å². The van der Waals surface area contributed by atoms with Gasteiger partial charge in [-0.1, -0.05) is 64.8 Å². The maximum Gasteiger partial charge on any atom is 0.177 e. The van der Waals surface area contributed by atoms with Crippen LogP contribution in [0.25, 0.3) is 22.5 Å². The molecule has 3 rings (SSSR count). The van der Waals surface area contributed by atoms with Crippen LogP contribution in [0.15, 0.2) is 53.1 Å². The minimum absolute atomic E-state index is 0.263. The van der Waals surface area contributed by atoms with E-state index in [4.69, 9.17) is 33.5 Å². The van der Waals surface area contributed by atoms with E-state index in [0.717, 1.165) is 5.56 Å². The van der Waals surface area contributed by atoms with Crippen molar-refractivity contribution in [2.24, 2.45) is 0 Å². The summed E-state index contributed by atoms with van der Waals surface area (Å²) in [4.78, 5) is 0. The lowest BCUT2D eigenvalue weighted by Gasteiger charge is -2.07. The molecule has 0 radical (unpaired) electrons. The van der Waals surface area contributed by atoms with E-state index in [-0.39, 0.29) is 5.82 Å². The van der Waals surface area contributed by atoms with Gasteiger partial charge < -0.3 is 10.3 Å². The standard InChI is InChI=1S/C15H10Cl2N2O/c16-10-7-4-8-11(17)12(10)13-14(20-19-15(13)18)9-5-2-1-3-6-9/h1-8H,(H2,18,19).